The molecule has 204 valence electrons. The molecule has 2 rings (SSSR count). The Kier molecular flexibility index (Phi) is 9.77. The van der Waals surface area contributed by atoms with Crippen LogP contribution >= 0.6 is 46.1 Å². The van der Waals surface area contributed by atoms with Gasteiger partial charge in [-0.3, -0.25) is 9.59 Å². The molecule has 0 saturated carbocycles. The van der Waals surface area contributed by atoms with E-state index in [0.29, 0.717) is 5.56 Å². The molecule has 1 heterocycles. The van der Waals surface area contributed by atoms with Crippen LogP contribution in [-0.4, -0.2) is 43.0 Å². The SMILES string of the molecule is C/C(=N\OC(C)(c1cc(Cl)c(Cl)c(Cl)c1)C(F)(F)F)c1cc(C)c(C(=O)NCC(=O)NCC(F)(F)F)s1. The zero-order valence-electron chi connectivity index (χ0n) is 19.1. The highest BCUT2D eigenvalue weighted by Gasteiger charge is 2.56. The molecule has 0 saturated heterocycles. The number of thiophene rings is 1. The standard InChI is InChI=1S/C21H18Cl3F6N3O3S/c1-9-4-14(37-17(9)18(35)31-7-15(34)32-8-20(25,26)27)10(2)33-36-19(3,21(28,29)30)11-5-12(22)16(24)13(23)6-11/h4-6H,7-8H2,1-3H3,(H,31,35)(H,32,34)/b33-10+. The van der Waals surface area contributed by atoms with Gasteiger partial charge >= 0.3 is 12.4 Å². The third-order valence-corrected chi connectivity index (χ3v) is 7.36. The number of hydrogen-bond donors (Lipinski definition) is 2. The van der Waals surface area contributed by atoms with Crippen molar-refractivity contribution in [3.8, 4) is 0 Å². The Labute approximate surface area is 225 Å². The Morgan fingerprint density at radius 2 is 1.59 bits per heavy atom. The van der Waals surface area contributed by atoms with Crippen molar-refractivity contribution in [3.63, 3.8) is 0 Å². The highest BCUT2D eigenvalue weighted by molar-refractivity contribution is 7.16. The van der Waals surface area contributed by atoms with E-state index in [4.69, 9.17) is 39.6 Å². The molecule has 0 radical (unpaired) electrons. The minimum atomic E-state index is -4.96. The highest BCUT2D eigenvalue weighted by atomic mass is 35.5. The normalized spacial score (nSPS) is 14.2. The average molecular weight is 613 g/mol. The van der Waals surface area contributed by atoms with Crippen molar-refractivity contribution in [3.05, 3.63) is 54.1 Å². The summed E-state index contributed by atoms with van der Waals surface area (Å²) in [6, 6.07) is 3.36. The lowest BCUT2D eigenvalue weighted by atomic mass is 9.95. The summed E-state index contributed by atoms with van der Waals surface area (Å²) in [5.41, 5.74) is -3.06. The summed E-state index contributed by atoms with van der Waals surface area (Å²) in [7, 11) is 0. The van der Waals surface area contributed by atoms with Crippen molar-refractivity contribution in [2.45, 2.75) is 38.7 Å². The maximum Gasteiger partial charge on any atom is 0.435 e. The highest BCUT2D eigenvalue weighted by Crippen LogP contribution is 2.45. The van der Waals surface area contributed by atoms with Crippen LogP contribution in [0.2, 0.25) is 15.1 Å². The Morgan fingerprint density at radius 1 is 1.03 bits per heavy atom. The Hall–Kier alpha value is -2.22. The lowest BCUT2D eigenvalue weighted by molar-refractivity contribution is -0.278. The van der Waals surface area contributed by atoms with Crippen LogP contribution in [0.25, 0.3) is 0 Å². The number of halogens is 9. The maximum atomic E-state index is 14.0. The van der Waals surface area contributed by atoms with Crippen LogP contribution in [0, 0.1) is 6.92 Å². The van der Waals surface area contributed by atoms with Crippen LogP contribution in [-0.2, 0) is 15.2 Å². The van der Waals surface area contributed by atoms with E-state index in [1.54, 1.807) is 5.32 Å². The fourth-order valence-electron chi connectivity index (χ4n) is 2.69. The van der Waals surface area contributed by atoms with Crippen LogP contribution in [0.1, 0.15) is 39.5 Å². The molecule has 0 aliphatic heterocycles. The first-order valence-corrected chi connectivity index (χ1v) is 12.0. The van der Waals surface area contributed by atoms with Gasteiger partial charge in [-0.1, -0.05) is 40.0 Å². The summed E-state index contributed by atoms with van der Waals surface area (Å²) in [5, 5.41) is 6.82. The molecule has 1 aromatic carbocycles. The van der Waals surface area contributed by atoms with Crippen LogP contribution in [0.5, 0.6) is 0 Å². The lowest BCUT2D eigenvalue weighted by Crippen LogP contribution is -2.41. The molecule has 0 spiro atoms. The second-order valence-electron chi connectivity index (χ2n) is 7.75. The van der Waals surface area contributed by atoms with Gasteiger partial charge in [0, 0.05) is 5.56 Å². The van der Waals surface area contributed by atoms with E-state index in [-0.39, 0.29) is 30.5 Å². The summed E-state index contributed by atoms with van der Waals surface area (Å²) in [6.45, 7) is 1.32. The summed E-state index contributed by atoms with van der Waals surface area (Å²) in [4.78, 5) is 29.2. The minimum absolute atomic E-state index is 0.0169. The number of oxime groups is 1. The molecule has 1 aromatic heterocycles. The van der Waals surface area contributed by atoms with E-state index in [1.807, 2.05) is 0 Å². The largest absolute Gasteiger partial charge is 0.435 e. The Balaban J connectivity index is 2.21. The van der Waals surface area contributed by atoms with Gasteiger partial charge in [-0.2, -0.15) is 26.3 Å². The summed E-state index contributed by atoms with van der Waals surface area (Å²) < 4.78 is 78.5. The molecule has 16 heteroatoms. The van der Waals surface area contributed by atoms with Gasteiger partial charge in [-0.25, -0.2) is 0 Å². The number of benzene rings is 1. The van der Waals surface area contributed by atoms with E-state index in [1.165, 1.54) is 19.9 Å². The van der Waals surface area contributed by atoms with E-state index in [2.05, 4.69) is 10.5 Å². The molecule has 0 bridgehead atoms. The molecule has 2 N–H and O–H groups in total. The fourth-order valence-corrected chi connectivity index (χ4v) is 4.31. The monoisotopic (exact) mass is 611 g/mol. The molecule has 0 fully saturated rings. The van der Waals surface area contributed by atoms with Gasteiger partial charge in [-0.05, 0) is 44.5 Å². The molecular formula is C21H18Cl3F6N3O3S. The smallest absolute Gasteiger partial charge is 0.375 e. The second kappa shape index (κ2) is 11.7. The van der Waals surface area contributed by atoms with Gasteiger partial charge in [-0.15, -0.1) is 11.3 Å². The van der Waals surface area contributed by atoms with Gasteiger partial charge < -0.3 is 15.5 Å². The molecular weight excluding hydrogens is 595 g/mol. The zero-order valence-corrected chi connectivity index (χ0v) is 22.2. The summed E-state index contributed by atoms with van der Waals surface area (Å²) in [5.74, 6) is -1.82. The van der Waals surface area contributed by atoms with Crippen molar-refractivity contribution in [1.82, 2.24) is 10.6 Å². The van der Waals surface area contributed by atoms with E-state index in [9.17, 15) is 35.9 Å². The van der Waals surface area contributed by atoms with Crippen LogP contribution in [0.3, 0.4) is 0 Å². The number of nitrogens with zero attached hydrogens (tertiary/aromatic N) is 1. The molecule has 0 aliphatic rings. The van der Waals surface area contributed by atoms with Gasteiger partial charge in [0.1, 0.15) is 6.54 Å². The zero-order chi connectivity index (χ0) is 28.3. The Morgan fingerprint density at radius 3 is 2.11 bits per heavy atom. The molecule has 1 unspecified atom stereocenters. The predicted octanol–water partition coefficient (Wildman–Crippen LogP) is 6.64. The van der Waals surface area contributed by atoms with E-state index >= 15 is 0 Å². The molecule has 1 atom stereocenters. The first-order chi connectivity index (χ1) is 16.9. The number of carbonyl (C=O) groups is 2. The van der Waals surface area contributed by atoms with Gasteiger partial charge in [0.15, 0.2) is 0 Å². The van der Waals surface area contributed by atoms with E-state index in [0.717, 1.165) is 30.4 Å². The van der Waals surface area contributed by atoms with Crippen molar-refractivity contribution < 1.29 is 40.8 Å². The molecule has 2 amide bonds. The number of aryl methyl sites for hydroxylation is 1. The van der Waals surface area contributed by atoms with Crippen molar-refractivity contribution in [2.24, 2.45) is 5.16 Å². The molecule has 2 aromatic rings. The number of carbonyl (C=O) groups excluding carboxylic acids is 2. The third-order valence-electron chi connectivity index (χ3n) is 4.82. The summed E-state index contributed by atoms with van der Waals surface area (Å²) >= 11 is 18.4. The molecule has 6 nitrogen and oxygen atoms in total. The van der Waals surface area contributed by atoms with Crippen molar-refractivity contribution in [2.75, 3.05) is 13.1 Å². The van der Waals surface area contributed by atoms with Crippen molar-refractivity contribution in [1.29, 1.82) is 0 Å². The third kappa shape index (κ3) is 7.88. The minimum Gasteiger partial charge on any atom is -0.375 e. The topological polar surface area (TPSA) is 79.8 Å². The predicted molar refractivity (Wildman–Crippen MR) is 129 cm³/mol. The number of nitrogens with one attached hydrogen (secondary N) is 2. The van der Waals surface area contributed by atoms with Crippen LogP contribution in [0.15, 0.2) is 23.4 Å². The van der Waals surface area contributed by atoms with Crippen molar-refractivity contribution >= 4 is 63.7 Å². The maximum absolute atomic E-state index is 14.0. The first kappa shape index (κ1) is 31.0. The quantitative estimate of drug-likeness (QED) is 0.152. The van der Waals surface area contributed by atoms with Gasteiger partial charge in [0.25, 0.3) is 11.5 Å². The number of rotatable bonds is 8. The molecule has 37 heavy (non-hydrogen) atoms. The number of amides is 2. The van der Waals surface area contributed by atoms with Gasteiger partial charge in [0.2, 0.25) is 5.91 Å². The Bertz CT molecular complexity index is 1190. The average Bonchev–Trinajstić information content (AvgIpc) is 3.17. The van der Waals surface area contributed by atoms with E-state index < -0.39 is 48.4 Å². The molecule has 0 aliphatic carbocycles. The second-order valence-corrected chi connectivity index (χ2v) is 9.99. The van der Waals surface area contributed by atoms with Crippen LogP contribution in [0.4, 0.5) is 26.3 Å². The first-order valence-electron chi connectivity index (χ1n) is 10.0. The summed E-state index contributed by atoms with van der Waals surface area (Å²) in [6.07, 6.45) is -9.56. The fraction of sp³-hybridized carbons (Fsp3) is 0.381. The number of alkyl halides is 6. The number of hydrogen-bond acceptors (Lipinski definition) is 5. The van der Waals surface area contributed by atoms with Gasteiger partial charge in [0.05, 0.1) is 37.1 Å². The lowest BCUT2D eigenvalue weighted by Gasteiger charge is -2.30. The van der Waals surface area contributed by atoms with Crippen LogP contribution < -0.4 is 10.6 Å².